The molecule has 3 saturated carbocycles. The van der Waals surface area contributed by atoms with Gasteiger partial charge in [0.25, 0.3) is 11.8 Å². The van der Waals surface area contributed by atoms with Crippen LogP contribution in [0.3, 0.4) is 0 Å². The van der Waals surface area contributed by atoms with Crippen LogP contribution in [-0.4, -0.2) is 42.5 Å². The van der Waals surface area contributed by atoms with Crippen molar-refractivity contribution in [2.24, 2.45) is 0 Å². The molecule has 12 heteroatoms. The number of halogens is 5. The molecular formula is C25H25ClF4N2O5. The minimum atomic E-state index is -5.02. The summed E-state index contributed by atoms with van der Waals surface area (Å²) in [5, 5.41) is 6.66. The molecule has 3 aliphatic rings. The van der Waals surface area contributed by atoms with E-state index in [0.717, 1.165) is 18.2 Å². The smallest absolute Gasteiger partial charge is 0.484 e. The summed E-state index contributed by atoms with van der Waals surface area (Å²) in [7, 11) is 0. The Balaban J connectivity index is 1.22. The number of carbonyl (C=O) groups excluding carboxylic acids is 2. The first-order chi connectivity index (χ1) is 17.4. The maximum absolute atomic E-state index is 13.8. The molecule has 2 amide bonds. The largest absolute Gasteiger partial charge is 0.573 e. The Bertz CT molecular complexity index is 1120. The molecule has 2 aromatic rings. The van der Waals surface area contributed by atoms with Gasteiger partial charge in [0, 0.05) is 22.2 Å². The van der Waals surface area contributed by atoms with Gasteiger partial charge < -0.3 is 24.8 Å². The van der Waals surface area contributed by atoms with E-state index >= 15 is 0 Å². The molecule has 2 aromatic carbocycles. The van der Waals surface area contributed by atoms with Crippen molar-refractivity contribution in [1.82, 2.24) is 10.6 Å². The van der Waals surface area contributed by atoms with Crippen molar-refractivity contribution in [2.45, 2.75) is 56.0 Å². The third-order valence-corrected chi connectivity index (χ3v) is 6.99. The van der Waals surface area contributed by atoms with E-state index in [9.17, 15) is 27.2 Å². The number of alkyl halides is 3. The lowest BCUT2D eigenvalue weighted by atomic mass is 9.61. The monoisotopic (exact) mass is 544 g/mol. The molecule has 0 aromatic heterocycles. The van der Waals surface area contributed by atoms with Crippen molar-refractivity contribution >= 4 is 23.4 Å². The average Bonchev–Trinajstić information content (AvgIpc) is 2.84. The minimum absolute atomic E-state index is 0.102. The van der Waals surface area contributed by atoms with Crippen molar-refractivity contribution < 1.29 is 41.4 Å². The van der Waals surface area contributed by atoms with Gasteiger partial charge in [-0.15, -0.1) is 13.2 Å². The summed E-state index contributed by atoms with van der Waals surface area (Å²) in [5.41, 5.74) is -0.774. The van der Waals surface area contributed by atoms with Crippen molar-refractivity contribution in [1.29, 1.82) is 0 Å². The topological polar surface area (TPSA) is 85.9 Å². The summed E-state index contributed by atoms with van der Waals surface area (Å²) in [6.07, 6.45) is -0.973. The Morgan fingerprint density at radius 2 is 1.27 bits per heavy atom. The second-order valence-corrected chi connectivity index (χ2v) is 9.76. The number of carbonyl (C=O) groups is 2. The van der Waals surface area contributed by atoms with E-state index in [1.807, 2.05) is 0 Å². The zero-order chi connectivity index (χ0) is 26.7. The van der Waals surface area contributed by atoms with Crippen LogP contribution < -0.4 is 24.8 Å². The van der Waals surface area contributed by atoms with Crippen molar-refractivity contribution in [2.75, 3.05) is 13.2 Å². The van der Waals surface area contributed by atoms with Crippen LogP contribution in [0, 0.1) is 5.82 Å². The van der Waals surface area contributed by atoms with Gasteiger partial charge in [-0.25, -0.2) is 4.39 Å². The van der Waals surface area contributed by atoms with Crippen molar-refractivity contribution in [3.63, 3.8) is 0 Å². The molecule has 0 heterocycles. The van der Waals surface area contributed by atoms with Gasteiger partial charge in [0.1, 0.15) is 11.5 Å². The lowest BCUT2D eigenvalue weighted by molar-refractivity contribution is -0.275. The second kappa shape index (κ2) is 10.6. The standard InChI is InChI=1S/C25H25ClF4N2O5/c26-16-1-3-17(4-2-16)35-14-21(33)31-23-7-10-24(11-8-23,12-9-23)32-22(34)15-36-18-5-6-20(19(27)13-18)37-25(28,29)30/h1-6,13H,7-12,14-15H2,(H,31,33)(H,32,34). The highest BCUT2D eigenvalue weighted by molar-refractivity contribution is 6.30. The first-order valence-corrected chi connectivity index (χ1v) is 12.0. The van der Waals surface area contributed by atoms with Gasteiger partial charge in [-0.2, -0.15) is 0 Å². The third kappa shape index (κ3) is 7.18. The number of amides is 2. The summed E-state index contributed by atoms with van der Waals surface area (Å²) in [5.74, 6) is -2.45. The fourth-order valence-electron chi connectivity index (χ4n) is 4.83. The number of hydrogen-bond donors (Lipinski definition) is 2. The highest BCUT2D eigenvalue weighted by atomic mass is 35.5. The van der Waals surface area contributed by atoms with E-state index in [-0.39, 0.29) is 23.8 Å². The normalized spacial score (nSPS) is 22.7. The number of benzene rings is 2. The molecule has 0 aliphatic heterocycles. The molecule has 37 heavy (non-hydrogen) atoms. The fraction of sp³-hybridized carbons (Fsp3) is 0.440. The summed E-state index contributed by atoms with van der Waals surface area (Å²) in [4.78, 5) is 25.0. The average molecular weight is 545 g/mol. The Morgan fingerprint density at radius 3 is 1.73 bits per heavy atom. The molecule has 5 rings (SSSR count). The van der Waals surface area contributed by atoms with Gasteiger partial charge in [-0.1, -0.05) is 11.6 Å². The van der Waals surface area contributed by atoms with E-state index in [1.54, 1.807) is 24.3 Å². The molecule has 0 spiro atoms. The summed E-state index contributed by atoms with van der Waals surface area (Å²) >= 11 is 5.84. The number of nitrogens with one attached hydrogen (secondary N) is 2. The molecule has 2 N–H and O–H groups in total. The van der Waals surface area contributed by atoms with Crippen LogP contribution >= 0.6 is 11.6 Å². The maximum Gasteiger partial charge on any atom is 0.573 e. The fourth-order valence-corrected chi connectivity index (χ4v) is 4.96. The third-order valence-electron chi connectivity index (χ3n) is 6.74. The molecule has 3 fully saturated rings. The minimum Gasteiger partial charge on any atom is -0.484 e. The molecule has 0 atom stereocenters. The zero-order valence-electron chi connectivity index (χ0n) is 19.6. The Labute approximate surface area is 215 Å². The molecule has 2 bridgehead atoms. The highest BCUT2D eigenvalue weighted by Crippen LogP contribution is 2.46. The van der Waals surface area contributed by atoms with Crippen molar-refractivity contribution in [3.8, 4) is 17.2 Å². The quantitative estimate of drug-likeness (QED) is 0.438. The summed E-state index contributed by atoms with van der Waals surface area (Å²) < 4.78 is 65.0. The Hall–Kier alpha value is -3.21. The number of hydrogen-bond acceptors (Lipinski definition) is 5. The summed E-state index contributed by atoms with van der Waals surface area (Å²) in [6.45, 7) is -0.545. The van der Waals surface area contributed by atoms with Crippen LogP contribution in [-0.2, 0) is 9.59 Å². The van der Waals surface area contributed by atoms with E-state index in [0.29, 0.717) is 49.3 Å². The maximum atomic E-state index is 13.8. The van der Waals surface area contributed by atoms with E-state index < -0.39 is 36.0 Å². The van der Waals surface area contributed by atoms with E-state index in [1.165, 1.54) is 0 Å². The van der Waals surface area contributed by atoms with Crippen LogP contribution in [0.1, 0.15) is 38.5 Å². The van der Waals surface area contributed by atoms with Crippen LogP contribution in [0.5, 0.6) is 17.2 Å². The van der Waals surface area contributed by atoms with E-state index in [2.05, 4.69) is 15.4 Å². The number of rotatable bonds is 9. The van der Waals surface area contributed by atoms with Crippen LogP contribution in [0.15, 0.2) is 42.5 Å². The summed E-state index contributed by atoms with van der Waals surface area (Å²) in [6, 6.07) is 9.32. The molecular weight excluding hydrogens is 520 g/mol. The first kappa shape index (κ1) is 26.8. The SMILES string of the molecule is O=C(COc1ccc(Cl)cc1)NC12CCC(NC(=O)COc3ccc(OC(F)(F)F)c(F)c3)(CC1)CC2. The van der Waals surface area contributed by atoms with Gasteiger partial charge in [-0.3, -0.25) is 9.59 Å². The number of fused-ring (bicyclic) bond motifs is 3. The van der Waals surface area contributed by atoms with Gasteiger partial charge >= 0.3 is 6.36 Å². The van der Waals surface area contributed by atoms with Gasteiger partial charge in [0.05, 0.1) is 0 Å². The molecule has 0 saturated heterocycles. The zero-order valence-corrected chi connectivity index (χ0v) is 20.4. The first-order valence-electron chi connectivity index (χ1n) is 11.6. The van der Waals surface area contributed by atoms with Crippen LogP contribution in [0.25, 0.3) is 0 Å². The second-order valence-electron chi connectivity index (χ2n) is 9.33. The van der Waals surface area contributed by atoms with Crippen LogP contribution in [0.4, 0.5) is 17.6 Å². The lowest BCUT2D eigenvalue weighted by Gasteiger charge is -2.53. The predicted octanol–water partition coefficient (Wildman–Crippen LogP) is 4.91. The van der Waals surface area contributed by atoms with Gasteiger partial charge in [0.2, 0.25) is 0 Å². The molecule has 200 valence electrons. The lowest BCUT2D eigenvalue weighted by Crippen LogP contribution is -2.64. The van der Waals surface area contributed by atoms with E-state index in [4.69, 9.17) is 21.1 Å². The van der Waals surface area contributed by atoms with Gasteiger partial charge in [0.15, 0.2) is 24.8 Å². The highest BCUT2D eigenvalue weighted by Gasteiger charge is 2.49. The van der Waals surface area contributed by atoms with Crippen molar-refractivity contribution in [3.05, 3.63) is 53.3 Å². The van der Waals surface area contributed by atoms with Gasteiger partial charge in [-0.05, 0) is 74.9 Å². The Kier molecular flexibility index (Phi) is 7.72. The molecule has 0 radical (unpaired) electrons. The predicted molar refractivity (Wildman–Crippen MR) is 125 cm³/mol. The Morgan fingerprint density at radius 1 is 0.811 bits per heavy atom. The molecule has 3 aliphatic carbocycles. The van der Waals surface area contributed by atoms with Crippen LogP contribution in [0.2, 0.25) is 5.02 Å². The molecule has 7 nitrogen and oxygen atoms in total. The molecule has 0 unspecified atom stereocenters. The number of ether oxygens (including phenoxy) is 3.